The number of likely N-dealkylation sites (tertiary alicyclic amines) is 1. The first-order valence-corrected chi connectivity index (χ1v) is 6.71. The molecule has 1 saturated heterocycles. The number of halogens is 3. The highest BCUT2D eigenvalue weighted by Gasteiger charge is 2.31. The van der Waals surface area contributed by atoms with Crippen LogP contribution in [0.15, 0.2) is 24.3 Å². The lowest BCUT2D eigenvalue weighted by molar-refractivity contribution is -0.274. The van der Waals surface area contributed by atoms with Crippen molar-refractivity contribution < 1.29 is 22.7 Å². The van der Waals surface area contributed by atoms with Gasteiger partial charge < -0.3 is 15.4 Å². The maximum Gasteiger partial charge on any atom is 0.573 e. The van der Waals surface area contributed by atoms with Crippen molar-refractivity contribution in [2.24, 2.45) is 5.73 Å². The quantitative estimate of drug-likeness (QED) is 0.926. The van der Waals surface area contributed by atoms with Crippen molar-refractivity contribution in [3.8, 4) is 5.75 Å². The molecule has 1 unspecified atom stereocenters. The SMILES string of the molecule is NC1CCN(C(=O)CCc2ccc(OC(F)(F)F)cc2)C1. The van der Waals surface area contributed by atoms with Crippen molar-refractivity contribution in [3.63, 3.8) is 0 Å². The number of amides is 1. The van der Waals surface area contributed by atoms with Crippen molar-refractivity contribution in [1.82, 2.24) is 4.90 Å². The minimum atomic E-state index is -4.69. The van der Waals surface area contributed by atoms with E-state index in [9.17, 15) is 18.0 Å². The van der Waals surface area contributed by atoms with E-state index >= 15 is 0 Å². The molecule has 1 atom stereocenters. The molecule has 2 rings (SSSR count). The first kappa shape index (κ1) is 15.6. The minimum absolute atomic E-state index is 0.0265. The van der Waals surface area contributed by atoms with Crippen LogP contribution < -0.4 is 10.5 Å². The van der Waals surface area contributed by atoms with Gasteiger partial charge in [-0.3, -0.25) is 4.79 Å². The Morgan fingerprint density at radius 3 is 2.52 bits per heavy atom. The van der Waals surface area contributed by atoms with Crippen LogP contribution in [0, 0.1) is 0 Å². The second-order valence-electron chi connectivity index (χ2n) is 5.08. The molecule has 1 aromatic carbocycles. The summed E-state index contributed by atoms with van der Waals surface area (Å²) in [6, 6.07) is 5.61. The van der Waals surface area contributed by atoms with E-state index in [1.807, 2.05) is 0 Å². The number of hydrogen-bond acceptors (Lipinski definition) is 3. The number of aryl methyl sites for hydroxylation is 1. The number of nitrogens with two attached hydrogens (primary N) is 1. The Morgan fingerprint density at radius 1 is 1.33 bits per heavy atom. The molecule has 2 N–H and O–H groups in total. The van der Waals surface area contributed by atoms with Crippen LogP contribution in [0.4, 0.5) is 13.2 Å². The second kappa shape index (κ2) is 6.34. The third-order valence-corrected chi connectivity index (χ3v) is 3.36. The summed E-state index contributed by atoms with van der Waals surface area (Å²) in [5.41, 5.74) is 6.53. The van der Waals surface area contributed by atoms with Crippen molar-refractivity contribution in [2.45, 2.75) is 31.7 Å². The van der Waals surface area contributed by atoms with Gasteiger partial charge in [0.2, 0.25) is 5.91 Å². The molecule has 0 spiro atoms. The van der Waals surface area contributed by atoms with E-state index in [2.05, 4.69) is 4.74 Å². The van der Waals surface area contributed by atoms with Crippen molar-refractivity contribution in [3.05, 3.63) is 29.8 Å². The fourth-order valence-corrected chi connectivity index (χ4v) is 2.28. The van der Waals surface area contributed by atoms with Gasteiger partial charge in [-0.25, -0.2) is 0 Å². The summed E-state index contributed by atoms with van der Waals surface area (Å²) >= 11 is 0. The van der Waals surface area contributed by atoms with Gasteiger partial charge in [0.15, 0.2) is 0 Å². The van der Waals surface area contributed by atoms with Gasteiger partial charge in [0, 0.05) is 25.6 Å². The Balaban J connectivity index is 1.82. The van der Waals surface area contributed by atoms with E-state index in [-0.39, 0.29) is 17.7 Å². The Bertz CT molecular complexity index is 488. The molecular weight excluding hydrogens is 285 g/mol. The molecule has 1 aliphatic rings. The Kier molecular flexibility index (Phi) is 4.72. The molecule has 1 fully saturated rings. The summed E-state index contributed by atoms with van der Waals surface area (Å²) < 4.78 is 39.8. The molecule has 1 amide bonds. The van der Waals surface area contributed by atoms with Crippen LogP contribution in [0.2, 0.25) is 0 Å². The number of benzene rings is 1. The van der Waals surface area contributed by atoms with Gasteiger partial charge in [-0.2, -0.15) is 0 Å². The lowest BCUT2D eigenvalue weighted by atomic mass is 10.1. The van der Waals surface area contributed by atoms with Gasteiger partial charge in [-0.05, 0) is 30.5 Å². The summed E-state index contributed by atoms with van der Waals surface area (Å²) in [5, 5.41) is 0. The lowest BCUT2D eigenvalue weighted by Crippen LogP contribution is -2.31. The number of carbonyl (C=O) groups excluding carboxylic acids is 1. The van der Waals surface area contributed by atoms with Gasteiger partial charge in [0.1, 0.15) is 5.75 Å². The largest absolute Gasteiger partial charge is 0.573 e. The van der Waals surface area contributed by atoms with Gasteiger partial charge in [-0.1, -0.05) is 12.1 Å². The second-order valence-corrected chi connectivity index (χ2v) is 5.08. The Labute approximate surface area is 120 Å². The van der Waals surface area contributed by atoms with Gasteiger partial charge in [0.25, 0.3) is 0 Å². The molecule has 0 bridgehead atoms. The van der Waals surface area contributed by atoms with E-state index in [1.165, 1.54) is 24.3 Å². The molecule has 0 aliphatic carbocycles. The van der Waals surface area contributed by atoms with Crippen LogP contribution in [0.3, 0.4) is 0 Å². The molecule has 1 aliphatic heterocycles. The lowest BCUT2D eigenvalue weighted by Gasteiger charge is -2.15. The maximum absolute atomic E-state index is 12.0. The Morgan fingerprint density at radius 2 is 2.00 bits per heavy atom. The molecule has 1 aromatic rings. The first-order valence-electron chi connectivity index (χ1n) is 6.71. The average Bonchev–Trinajstić information content (AvgIpc) is 2.82. The van der Waals surface area contributed by atoms with E-state index in [0.717, 1.165) is 12.0 Å². The molecule has 0 saturated carbocycles. The van der Waals surface area contributed by atoms with E-state index in [1.54, 1.807) is 4.90 Å². The topological polar surface area (TPSA) is 55.6 Å². The molecule has 4 nitrogen and oxygen atoms in total. The van der Waals surface area contributed by atoms with Crippen molar-refractivity contribution in [2.75, 3.05) is 13.1 Å². The highest BCUT2D eigenvalue weighted by molar-refractivity contribution is 5.76. The maximum atomic E-state index is 12.0. The zero-order valence-electron chi connectivity index (χ0n) is 11.4. The first-order chi connectivity index (χ1) is 9.83. The predicted molar refractivity (Wildman–Crippen MR) is 70.6 cm³/mol. The molecule has 0 radical (unpaired) electrons. The number of carbonyl (C=O) groups is 1. The summed E-state index contributed by atoms with van der Waals surface area (Å²) in [7, 11) is 0. The minimum Gasteiger partial charge on any atom is -0.406 e. The monoisotopic (exact) mass is 302 g/mol. The van der Waals surface area contributed by atoms with Crippen molar-refractivity contribution >= 4 is 5.91 Å². The number of nitrogens with zero attached hydrogens (tertiary/aromatic N) is 1. The number of alkyl halides is 3. The zero-order valence-corrected chi connectivity index (χ0v) is 11.4. The summed E-state index contributed by atoms with van der Waals surface area (Å²) in [4.78, 5) is 13.6. The van der Waals surface area contributed by atoms with E-state index in [0.29, 0.717) is 25.9 Å². The molecule has 7 heteroatoms. The fourth-order valence-electron chi connectivity index (χ4n) is 2.28. The summed E-state index contributed by atoms with van der Waals surface area (Å²) in [5.74, 6) is -0.235. The van der Waals surface area contributed by atoms with Crippen LogP contribution in [-0.2, 0) is 11.2 Å². The summed E-state index contributed by atoms with van der Waals surface area (Å²) in [6.45, 7) is 1.26. The van der Waals surface area contributed by atoms with Gasteiger partial charge >= 0.3 is 6.36 Å². The number of ether oxygens (including phenoxy) is 1. The van der Waals surface area contributed by atoms with Crippen LogP contribution >= 0.6 is 0 Å². The third-order valence-electron chi connectivity index (χ3n) is 3.36. The predicted octanol–water partition coefficient (Wildman–Crippen LogP) is 2.08. The zero-order chi connectivity index (χ0) is 15.5. The normalized spacial score (nSPS) is 18.9. The van der Waals surface area contributed by atoms with E-state index < -0.39 is 6.36 Å². The van der Waals surface area contributed by atoms with Crippen LogP contribution in [0.25, 0.3) is 0 Å². The molecule has 21 heavy (non-hydrogen) atoms. The number of hydrogen-bond donors (Lipinski definition) is 1. The van der Waals surface area contributed by atoms with Crippen LogP contribution in [0.1, 0.15) is 18.4 Å². The smallest absolute Gasteiger partial charge is 0.406 e. The van der Waals surface area contributed by atoms with Crippen molar-refractivity contribution in [1.29, 1.82) is 0 Å². The van der Waals surface area contributed by atoms with Crippen LogP contribution in [-0.4, -0.2) is 36.3 Å². The standard InChI is InChI=1S/C14H17F3N2O2/c15-14(16,17)21-12-4-1-10(2-5-12)3-6-13(20)19-8-7-11(18)9-19/h1-2,4-5,11H,3,6-9,18H2. The van der Waals surface area contributed by atoms with Gasteiger partial charge in [-0.15, -0.1) is 13.2 Å². The highest BCUT2D eigenvalue weighted by atomic mass is 19.4. The average molecular weight is 302 g/mol. The third kappa shape index (κ3) is 4.93. The molecule has 0 aromatic heterocycles. The van der Waals surface area contributed by atoms with Crippen LogP contribution in [0.5, 0.6) is 5.75 Å². The molecular formula is C14H17F3N2O2. The van der Waals surface area contributed by atoms with E-state index in [4.69, 9.17) is 5.73 Å². The Hall–Kier alpha value is -1.76. The fraction of sp³-hybridized carbons (Fsp3) is 0.500. The highest BCUT2D eigenvalue weighted by Crippen LogP contribution is 2.23. The van der Waals surface area contributed by atoms with Gasteiger partial charge in [0.05, 0.1) is 0 Å². The number of rotatable bonds is 4. The molecule has 1 heterocycles. The summed E-state index contributed by atoms with van der Waals surface area (Å²) in [6.07, 6.45) is -3.07. The molecule has 116 valence electrons.